The molecule has 2 aromatic heterocycles. The summed E-state index contributed by atoms with van der Waals surface area (Å²) in [6.07, 6.45) is 2.42. The third-order valence-electron chi connectivity index (χ3n) is 7.56. The van der Waals surface area contributed by atoms with E-state index < -0.39 is 6.17 Å². The summed E-state index contributed by atoms with van der Waals surface area (Å²) < 4.78 is 22.8. The van der Waals surface area contributed by atoms with Gasteiger partial charge in [-0.15, -0.1) is 0 Å². The van der Waals surface area contributed by atoms with Crippen LogP contribution in [0.3, 0.4) is 0 Å². The molecule has 1 N–H and O–H groups in total. The fourth-order valence-corrected chi connectivity index (χ4v) is 5.66. The van der Waals surface area contributed by atoms with Crippen LogP contribution in [0.4, 0.5) is 10.2 Å². The van der Waals surface area contributed by atoms with E-state index in [0.29, 0.717) is 37.3 Å². The molecule has 0 bridgehead atoms. The molecule has 3 fully saturated rings. The summed E-state index contributed by atoms with van der Waals surface area (Å²) in [5.41, 5.74) is 3.08. The predicted octanol–water partition coefficient (Wildman–Crippen LogP) is 2.53. The number of aryl methyl sites for hydroxylation is 2. The van der Waals surface area contributed by atoms with E-state index in [0.717, 1.165) is 60.4 Å². The molecule has 3 aliphatic rings. The number of rotatable bonds is 4. The van der Waals surface area contributed by atoms with Crippen LogP contribution in [-0.2, 0) is 4.74 Å². The highest BCUT2D eigenvalue weighted by Gasteiger charge is 2.35. The number of aromatic nitrogens is 4. The molecule has 3 atom stereocenters. The highest BCUT2D eigenvalue weighted by atomic mass is 19.1. The molecule has 6 rings (SSSR count). The Labute approximate surface area is 198 Å². The molecule has 0 amide bonds. The fourth-order valence-electron chi connectivity index (χ4n) is 5.66. The van der Waals surface area contributed by atoms with E-state index in [1.54, 1.807) is 0 Å². The maximum atomic E-state index is 15.5. The number of aliphatic hydroxyl groups is 1. The van der Waals surface area contributed by atoms with Crippen LogP contribution < -0.4 is 4.90 Å². The van der Waals surface area contributed by atoms with Crippen molar-refractivity contribution in [2.75, 3.05) is 44.3 Å². The molecule has 3 saturated heterocycles. The van der Waals surface area contributed by atoms with Crippen LogP contribution in [0.2, 0.25) is 0 Å². The third kappa shape index (κ3) is 3.85. The maximum absolute atomic E-state index is 15.5. The topological polar surface area (TPSA) is 79.5 Å². The molecule has 0 radical (unpaired) electrons. The van der Waals surface area contributed by atoms with E-state index in [1.807, 2.05) is 28.8 Å². The molecule has 1 aromatic carbocycles. The van der Waals surface area contributed by atoms with Crippen molar-refractivity contribution in [3.8, 4) is 5.82 Å². The van der Waals surface area contributed by atoms with Gasteiger partial charge >= 0.3 is 0 Å². The standard InChI is InChI=1S/C25H31FN6O2/c1-15-7-17-10-27-32(25-9-24(28-16(2)29-25)31-11-19(33)12-31)23(17)8-21(15)20-3-5-30(13-22(20)26)18-4-6-34-14-18/h7-10,18-20,22,33H,3-6,11-14H2,1-2H3/t18?,20-,22-/m1/s1. The van der Waals surface area contributed by atoms with Crippen molar-refractivity contribution >= 4 is 16.7 Å². The average Bonchev–Trinajstić information content (AvgIpc) is 3.46. The van der Waals surface area contributed by atoms with Gasteiger partial charge in [0, 0.05) is 49.7 Å². The van der Waals surface area contributed by atoms with E-state index in [-0.39, 0.29) is 12.0 Å². The number of piperidine rings is 1. The van der Waals surface area contributed by atoms with Gasteiger partial charge in [-0.25, -0.2) is 19.0 Å². The van der Waals surface area contributed by atoms with Crippen molar-refractivity contribution in [2.24, 2.45) is 0 Å². The van der Waals surface area contributed by atoms with E-state index in [4.69, 9.17) is 4.74 Å². The second kappa shape index (κ2) is 8.55. The first-order valence-corrected chi connectivity index (χ1v) is 12.2. The number of β-amino-alcohol motifs (C(OH)–C–C–N with tert-alkyl or cyclic N) is 1. The molecule has 3 aliphatic heterocycles. The molecule has 34 heavy (non-hydrogen) atoms. The molecule has 0 saturated carbocycles. The zero-order chi connectivity index (χ0) is 23.4. The Morgan fingerprint density at radius 1 is 1.06 bits per heavy atom. The van der Waals surface area contributed by atoms with Gasteiger partial charge in [0.25, 0.3) is 0 Å². The number of anilines is 1. The van der Waals surface area contributed by atoms with Gasteiger partial charge in [0.05, 0.1) is 24.4 Å². The number of benzene rings is 1. The van der Waals surface area contributed by atoms with Gasteiger partial charge in [-0.3, -0.25) is 4.90 Å². The Morgan fingerprint density at radius 2 is 1.88 bits per heavy atom. The van der Waals surface area contributed by atoms with Crippen molar-refractivity contribution in [3.63, 3.8) is 0 Å². The number of hydrogen-bond acceptors (Lipinski definition) is 7. The summed E-state index contributed by atoms with van der Waals surface area (Å²) in [5, 5.41) is 15.3. The van der Waals surface area contributed by atoms with E-state index in [1.165, 1.54) is 0 Å². The van der Waals surface area contributed by atoms with Gasteiger partial charge in [-0.05, 0) is 56.5 Å². The Bertz CT molecular complexity index is 1200. The number of aliphatic hydroxyl groups excluding tert-OH is 1. The van der Waals surface area contributed by atoms with Crippen LogP contribution in [0.15, 0.2) is 24.4 Å². The number of nitrogens with zero attached hydrogens (tertiary/aromatic N) is 6. The molecule has 0 aliphatic carbocycles. The largest absolute Gasteiger partial charge is 0.389 e. The van der Waals surface area contributed by atoms with E-state index in [2.05, 4.69) is 39.0 Å². The number of alkyl halides is 1. The van der Waals surface area contributed by atoms with Gasteiger partial charge in [0.15, 0.2) is 5.82 Å². The van der Waals surface area contributed by atoms with Crippen molar-refractivity contribution in [2.45, 2.75) is 50.9 Å². The zero-order valence-corrected chi connectivity index (χ0v) is 19.7. The summed E-state index contributed by atoms with van der Waals surface area (Å²) in [6, 6.07) is 6.48. The van der Waals surface area contributed by atoms with Gasteiger partial charge in [-0.1, -0.05) is 0 Å². The highest BCUT2D eigenvalue weighted by molar-refractivity contribution is 5.82. The van der Waals surface area contributed by atoms with Gasteiger partial charge in [-0.2, -0.15) is 5.10 Å². The number of likely N-dealkylation sites (tertiary alicyclic amines) is 1. The Kier molecular flexibility index (Phi) is 5.50. The molecular formula is C25H31FN6O2. The number of fused-ring (bicyclic) bond motifs is 1. The first-order valence-electron chi connectivity index (χ1n) is 12.2. The van der Waals surface area contributed by atoms with Crippen molar-refractivity contribution in [3.05, 3.63) is 41.3 Å². The number of hydrogen-bond donors (Lipinski definition) is 1. The quantitative estimate of drug-likeness (QED) is 0.633. The molecule has 1 unspecified atom stereocenters. The van der Waals surface area contributed by atoms with E-state index in [9.17, 15) is 5.11 Å². The first-order chi connectivity index (χ1) is 16.5. The molecule has 0 spiro atoms. The first kappa shape index (κ1) is 21.9. The van der Waals surface area contributed by atoms with Crippen LogP contribution in [0.5, 0.6) is 0 Å². The summed E-state index contributed by atoms with van der Waals surface area (Å²) in [6.45, 7) is 7.94. The minimum absolute atomic E-state index is 0.128. The Hall–Kier alpha value is -2.62. The van der Waals surface area contributed by atoms with Gasteiger partial charge in [0.1, 0.15) is 17.8 Å². The van der Waals surface area contributed by atoms with Crippen molar-refractivity contribution in [1.29, 1.82) is 0 Å². The monoisotopic (exact) mass is 466 g/mol. The summed E-state index contributed by atoms with van der Waals surface area (Å²) in [7, 11) is 0. The SMILES string of the molecule is Cc1nc(N2CC(O)C2)cc(-n2ncc3cc(C)c([C@H]4CCN(C5CCOC5)C[C@H]4F)cc32)n1. The van der Waals surface area contributed by atoms with Gasteiger partial charge in [0.2, 0.25) is 0 Å². The lowest BCUT2D eigenvalue weighted by Gasteiger charge is -2.38. The molecule has 9 heteroatoms. The average molecular weight is 467 g/mol. The van der Waals surface area contributed by atoms with Crippen LogP contribution >= 0.6 is 0 Å². The molecule has 3 aromatic rings. The van der Waals surface area contributed by atoms with Crippen LogP contribution in [0.25, 0.3) is 16.7 Å². The fraction of sp³-hybridized carbons (Fsp3) is 0.560. The molecule has 5 heterocycles. The summed E-state index contributed by atoms with van der Waals surface area (Å²) >= 11 is 0. The predicted molar refractivity (Wildman–Crippen MR) is 127 cm³/mol. The Morgan fingerprint density at radius 3 is 2.62 bits per heavy atom. The molecule has 8 nitrogen and oxygen atoms in total. The van der Waals surface area contributed by atoms with Crippen LogP contribution in [0.1, 0.15) is 35.7 Å². The number of ether oxygens (including phenoxy) is 1. The van der Waals surface area contributed by atoms with Crippen molar-refractivity contribution < 1.29 is 14.2 Å². The highest BCUT2D eigenvalue weighted by Crippen LogP contribution is 2.36. The maximum Gasteiger partial charge on any atom is 0.159 e. The summed E-state index contributed by atoms with van der Waals surface area (Å²) in [5.74, 6) is 1.99. The lowest BCUT2D eigenvalue weighted by atomic mass is 9.84. The second-order valence-electron chi connectivity index (χ2n) is 9.94. The molecule has 180 valence electrons. The minimum Gasteiger partial charge on any atom is -0.389 e. The normalized spacial score (nSPS) is 26.4. The Balaban J connectivity index is 1.32. The second-order valence-corrected chi connectivity index (χ2v) is 9.94. The minimum atomic E-state index is -0.910. The van der Waals surface area contributed by atoms with Crippen LogP contribution in [-0.4, -0.2) is 87.5 Å². The van der Waals surface area contributed by atoms with Crippen molar-refractivity contribution in [1.82, 2.24) is 24.6 Å². The zero-order valence-electron chi connectivity index (χ0n) is 19.7. The summed E-state index contributed by atoms with van der Waals surface area (Å²) in [4.78, 5) is 13.5. The third-order valence-corrected chi connectivity index (χ3v) is 7.56. The van der Waals surface area contributed by atoms with E-state index >= 15 is 4.39 Å². The van der Waals surface area contributed by atoms with Gasteiger partial charge < -0.3 is 14.7 Å². The van der Waals surface area contributed by atoms with Crippen LogP contribution in [0, 0.1) is 13.8 Å². The molecular weight excluding hydrogens is 435 g/mol. The number of halogens is 1. The lowest BCUT2D eigenvalue weighted by molar-refractivity contribution is 0.0728. The smallest absolute Gasteiger partial charge is 0.159 e. The lowest BCUT2D eigenvalue weighted by Crippen LogP contribution is -2.51.